The molecule has 0 heterocycles. The zero-order valence-corrected chi connectivity index (χ0v) is 17.8. The van der Waals surface area contributed by atoms with Crippen molar-refractivity contribution in [1.29, 1.82) is 0 Å². The van der Waals surface area contributed by atoms with Crippen molar-refractivity contribution in [2.24, 2.45) is 17.8 Å². The Bertz CT molecular complexity index is 612. The van der Waals surface area contributed by atoms with Crippen LogP contribution in [0.25, 0.3) is 0 Å². The Morgan fingerprint density at radius 2 is 1.55 bits per heavy atom. The van der Waals surface area contributed by atoms with Gasteiger partial charge in [-0.05, 0) is 93.2 Å². The van der Waals surface area contributed by atoms with Gasteiger partial charge < -0.3 is 9.47 Å². The van der Waals surface area contributed by atoms with Crippen LogP contribution >= 0.6 is 0 Å². The van der Waals surface area contributed by atoms with Crippen molar-refractivity contribution in [3.8, 4) is 0 Å². The number of hydrogen-bond acceptors (Lipinski definition) is 2. The molecule has 0 bridgehead atoms. The molecule has 0 atom stereocenters. The third-order valence-electron chi connectivity index (χ3n) is 6.76. The Balaban J connectivity index is 1.45. The Kier molecular flexibility index (Phi) is 8.25. The van der Waals surface area contributed by atoms with Gasteiger partial charge in [-0.2, -0.15) is 8.78 Å². The number of benzene rings is 1. The molecule has 0 spiro atoms. The number of alkyl halides is 2. The van der Waals surface area contributed by atoms with E-state index in [-0.39, 0.29) is 11.7 Å². The highest BCUT2D eigenvalue weighted by Gasteiger charge is 2.38. The summed E-state index contributed by atoms with van der Waals surface area (Å²) in [4.78, 5) is 0. The highest BCUT2D eigenvalue weighted by molar-refractivity contribution is 5.24. The number of halogens is 2. The summed E-state index contributed by atoms with van der Waals surface area (Å²) in [5, 5.41) is 0. The van der Waals surface area contributed by atoms with Gasteiger partial charge in [-0.15, -0.1) is 6.58 Å². The van der Waals surface area contributed by atoms with E-state index in [1.54, 1.807) is 12.1 Å². The Hall–Kier alpha value is -1.26. The molecule has 0 N–H and O–H groups in total. The predicted octanol–water partition coefficient (Wildman–Crippen LogP) is 7.23. The monoisotopic (exact) mass is 406 g/mol. The van der Waals surface area contributed by atoms with Crippen molar-refractivity contribution in [3.05, 3.63) is 48.0 Å². The average Bonchev–Trinajstić information content (AvgIpc) is 2.75. The minimum Gasteiger partial charge on any atom is -0.377 e. The van der Waals surface area contributed by atoms with Crippen molar-refractivity contribution in [2.75, 3.05) is 6.61 Å². The third kappa shape index (κ3) is 6.36. The van der Waals surface area contributed by atoms with E-state index >= 15 is 0 Å². The molecule has 0 aliphatic heterocycles. The summed E-state index contributed by atoms with van der Waals surface area (Å²) in [5.41, 5.74) is 0.839. The molecule has 2 saturated carbocycles. The summed E-state index contributed by atoms with van der Waals surface area (Å²) in [5.74, 6) is 2.11. The Morgan fingerprint density at radius 1 is 0.966 bits per heavy atom. The standard InChI is InChI=1S/C25H36F2O2/c1-3-17-28-18-20-7-13-23(14-8-20)25(26,27)29-24-15-11-22(12-16-24)21-9-5-19(4-2)6-10-21/h4,7-8,13-14,19,21-22,24H,2-3,5-6,9-12,15-18H2,1H3. The number of allylic oxidation sites excluding steroid dienone is 1. The lowest BCUT2D eigenvalue weighted by Gasteiger charge is -2.38. The fourth-order valence-corrected chi connectivity index (χ4v) is 4.94. The third-order valence-corrected chi connectivity index (χ3v) is 6.76. The Labute approximate surface area is 174 Å². The minimum absolute atomic E-state index is 0.0680. The smallest absolute Gasteiger partial charge is 0.377 e. The van der Waals surface area contributed by atoms with Crippen LogP contribution in [-0.4, -0.2) is 12.7 Å². The van der Waals surface area contributed by atoms with Crippen molar-refractivity contribution in [3.63, 3.8) is 0 Å². The molecule has 1 aromatic rings. The van der Waals surface area contributed by atoms with Crippen LogP contribution in [0.2, 0.25) is 0 Å². The highest BCUT2D eigenvalue weighted by Crippen LogP contribution is 2.42. The zero-order chi connectivity index (χ0) is 20.7. The molecule has 29 heavy (non-hydrogen) atoms. The van der Waals surface area contributed by atoms with E-state index in [0.29, 0.717) is 25.0 Å². The number of rotatable bonds is 9. The maximum atomic E-state index is 14.6. The van der Waals surface area contributed by atoms with Gasteiger partial charge in [-0.1, -0.05) is 25.1 Å². The lowest BCUT2D eigenvalue weighted by Crippen LogP contribution is -2.32. The van der Waals surface area contributed by atoms with E-state index in [0.717, 1.165) is 43.6 Å². The predicted molar refractivity (Wildman–Crippen MR) is 113 cm³/mol. The summed E-state index contributed by atoms with van der Waals surface area (Å²) in [6, 6.07) is 6.35. The SMILES string of the molecule is C=CC1CCC(C2CCC(OC(F)(F)c3ccc(COCCC)cc3)CC2)CC1. The summed E-state index contributed by atoms with van der Waals surface area (Å²) < 4.78 is 40.1. The van der Waals surface area contributed by atoms with Gasteiger partial charge in [0.2, 0.25) is 0 Å². The van der Waals surface area contributed by atoms with Crippen LogP contribution in [0, 0.1) is 17.8 Å². The van der Waals surface area contributed by atoms with Crippen molar-refractivity contribution >= 4 is 0 Å². The zero-order valence-electron chi connectivity index (χ0n) is 17.8. The number of hydrogen-bond donors (Lipinski definition) is 0. The fourth-order valence-electron chi connectivity index (χ4n) is 4.94. The maximum Gasteiger partial charge on any atom is 0.383 e. The van der Waals surface area contributed by atoms with Crippen LogP contribution in [0.15, 0.2) is 36.9 Å². The molecule has 3 rings (SSSR count). The molecule has 2 aliphatic carbocycles. The lowest BCUT2D eigenvalue weighted by molar-refractivity contribution is -0.278. The Morgan fingerprint density at radius 3 is 2.10 bits per heavy atom. The van der Waals surface area contributed by atoms with E-state index in [1.807, 2.05) is 6.92 Å². The fraction of sp³-hybridized carbons (Fsp3) is 0.680. The maximum absolute atomic E-state index is 14.6. The van der Waals surface area contributed by atoms with Crippen LogP contribution < -0.4 is 0 Å². The highest BCUT2D eigenvalue weighted by atomic mass is 19.3. The summed E-state index contributed by atoms with van der Waals surface area (Å²) in [7, 11) is 0. The molecule has 0 aromatic heterocycles. The van der Waals surface area contributed by atoms with Crippen LogP contribution in [0.1, 0.15) is 75.8 Å². The number of ether oxygens (including phenoxy) is 2. The van der Waals surface area contributed by atoms with Gasteiger partial charge in [0.05, 0.1) is 18.3 Å². The lowest BCUT2D eigenvalue weighted by atomic mass is 9.70. The van der Waals surface area contributed by atoms with Crippen LogP contribution in [-0.2, 0) is 22.2 Å². The van der Waals surface area contributed by atoms with Crippen LogP contribution in [0.5, 0.6) is 0 Å². The van der Waals surface area contributed by atoms with Gasteiger partial charge >= 0.3 is 6.11 Å². The van der Waals surface area contributed by atoms with Gasteiger partial charge in [0.25, 0.3) is 0 Å². The van der Waals surface area contributed by atoms with Crippen LogP contribution in [0.3, 0.4) is 0 Å². The molecule has 0 unspecified atom stereocenters. The topological polar surface area (TPSA) is 18.5 Å². The van der Waals surface area contributed by atoms with Gasteiger partial charge in [-0.25, -0.2) is 0 Å². The summed E-state index contributed by atoms with van der Waals surface area (Å²) in [6.45, 7) is 7.10. The van der Waals surface area contributed by atoms with E-state index in [9.17, 15) is 8.78 Å². The largest absolute Gasteiger partial charge is 0.383 e. The van der Waals surface area contributed by atoms with Crippen molar-refractivity contribution < 1.29 is 18.3 Å². The van der Waals surface area contributed by atoms with Crippen molar-refractivity contribution in [2.45, 2.75) is 83.5 Å². The molecule has 2 fully saturated rings. The molecule has 4 heteroatoms. The molecular weight excluding hydrogens is 370 g/mol. The second kappa shape index (κ2) is 10.7. The molecule has 0 radical (unpaired) electrons. The van der Waals surface area contributed by atoms with Gasteiger partial charge in [0, 0.05) is 6.61 Å². The molecule has 2 nitrogen and oxygen atoms in total. The van der Waals surface area contributed by atoms with Crippen molar-refractivity contribution in [1.82, 2.24) is 0 Å². The molecule has 0 amide bonds. The van der Waals surface area contributed by atoms with Crippen LogP contribution in [0.4, 0.5) is 8.78 Å². The molecule has 162 valence electrons. The first kappa shape index (κ1) is 22.4. The first-order valence-corrected chi connectivity index (χ1v) is 11.4. The first-order chi connectivity index (χ1) is 14.0. The summed E-state index contributed by atoms with van der Waals surface area (Å²) in [6.07, 6.45) is 7.96. The molecular formula is C25H36F2O2. The second-order valence-corrected chi connectivity index (χ2v) is 8.83. The normalized spacial score (nSPS) is 28.2. The van der Waals surface area contributed by atoms with E-state index in [2.05, 4.69) is 12.7 Å². The minimum atomic E-state index is -3.23. The van der Waals surface area contributed by atoms with Gasteiger partial charge in [0.1, 0.15) is 0 Å². The first-order valence-electron chi connectivity index (χ1n) is 11.4. The quantitative estimate of drug-likeness (QED) is 0.318. The summed E-state index contributed by atoms with van der Waals surface area (Å²) >= 11 is 0. The van der Waals surface area contributed by atoms with E-state index < -0.39 is 6.11 Å². The molecule has 2 aliphatic rings. The average molecular weight is 407 g/mol. The van der Waals surface area contributed by atoms with E-state index in [1.165, 1.54) is 37.8 Å². The van der Waals surface area contributed by atoms with Gasteiger partial charge in [-0.3, -0.25) is 0 Å². The molecule has 0 saturated heterocycles. The molecule has 1 aromatic carbocycles. The van der Waals surface area contributed by atoms with Gasteiger partial charge in [0.15, 0.2) is 0 Å². The second-order valence-electron chi connectivity index (χ2n) is 8.83. The van der Waals surface area contributed by atoms with E-state index in [4.69, 9.17) is 9.47 Å².